The van der Waals surface area contributed by atoms with Gasteiger partial charge in [0.05, 0.1) is 9.79 Å². The fourth-order valence-corrected chi connectivity index (χ4v) is 7.34. The highest BCUT2D eigenvalue weighted by atomic mass is 35.5. The van der Waals surface area contributed by atoms with Crippen LogP contribution in [-0.4, -0.2) is 75.0 Å². The van der Waals surface area contributed by atoms with Gasteiger partial charge in [0.1, 0.15) is 6.04 Å². The average molecular weight is 498 g/mol. The van der Waals surface area contributed by atoms with Crippen molar-refractivity contribution in [1.29, 1.82) is 0 Å². The minimum atomic E-state index is -3.78. The number of nitrogens with zero attached hydrogens (tertiary/aromatic N) is 3. The van der Waals surface area contributed by atoms with Crippen LogP contribution in [0.25, 0.3) is 0 Å². The molecule has 0 radical (unpaired) electrons. The number of benzene rings is 2. The molecule has 8 nitrogen and oxygen atoms in total. The molecule has 2 aromatic rings. The van der Waals surface area contributed by atoms with Crippen molar-refractivity contribution in [1.82, 2.24) is 13.5 Å². The third kappa shape index (κ3) is 4.42. The summed E-state index contributed by atoms with van der Waals surface area (Å²) in [7, 11) is -7.46. The number of sulfonamides is 2. The molecule has 2 saturated heterocycles. The molecule has 2 aliphatic heterocycles. The van der Waals surface area contributed by atoms with Gasteiger partial charge in [-0.15, -0.1) is 0 Å². The quantitative estimate of drug-likeness (QED) is 0.630. The zero-order chi connectivity index (χ0) is 22.9. The predicted octanol–water partition coefficient (Wildman–Crippen LogP) is 2.03. The Morgan fingerprint density at radius 1 is 0.781 bits per heavy atom. The average Bonchev–Trinajstić information content (AvgIpc) is 3.30. The third-order valence-electron chi connectivity index (χ3n) is 5.84. The van der Waals surface area contributed by atoms with E-state index in [-0.39, 0.29) is 41.9 Å². The molecule has 2 aliphatic rings. The molecule has 1 atom stereocenters. The monoisotopic (exact) mass is 497 g/mol. The summed E-state index contributed by atoms with van der Waals surface area (Å²) >= 11 is 5.85. The van der Waals surface area contributed by atoms with Crippen LogP contribution in [0.2, 0.25) is 5.02 Å². The van der Waals surface area contributed by atoms with Gasteiger partial charge in [0, 0.05) is 37.7 Å². The van der Waals surface area contributed by atoms with Crippen LogP contribution < -0.4 is 0 Å². The molecule has 0 spiro atoms. The number of piperazine rings is 1. The first-order valence-electron chi connectivity index (χ1n) is 10.3. The van der Waals surface area contributed by atoms with E-state index in [0.29, 0.717) is 24.4 Å². The number of hydrogen-bond acceptors (Lipinski definition) is 5. The maximum atomic E-state index is 13.2. The van der Waals surface area contributed by atoms with E-state index < -0.39 is 26.1 Å². The van der Waals surface area contributed by atoms with Gasteiger partial charge in [-0.05, 0) is 49.2 Å². The van der Waals surface area contributed by atoms with Gasteiger partial charge in [0.2, 0.25) is 26.0 Å². The van der Waals surface area contributed by atoms with Crippen LogP contribution in [0.1, 0.15) is 12.8 Å². The fourth-order valence-electron chi connectivity index (χ4n) is 4.12. The second kappa shape index (κ2) is 9.11. The first kappa shape index (κ1) is 23.2. The van der Waals surface area contributed by atoms with Crippen molar-refractivity contribution in [2.24, 2.45) is 0 Å². The van der Waals surface area contributed by atoms with E-state index in [4.69, 9.17) is 11.6 Å². The Balaban J connectivity index is 1.44. The summed E-state index contributed by atoms with van der Waals surface area (Å²) in [6, 6.07) is 13.3. The predicted molar refractivity (Wildman–Crippen MR) is 120 cm³/mol. The van der Waals surface area contributed by atoms with Crippen molar-refractivity contribution in [2.45, 2.75) is 28.7 Å². The Kier molecular flexibility index (Phi) is 6.60. The molecule has 0 bridgehead atoms. The van der Waals surface area contributed by atoms with Gasteiger partial charge in [0.15, 0.2) is 0 Å². The standard InChI is InChI=1S/C21H24ClN3O5S2/c22-17-8-10-19(11-9-17)31(27,28)24-15-13-23(14-16-24)21(26)20-7-4-12-25(20)32(29,30)18-5-2-1-3-6-18/h1-3,5-6,8-11,20H,4,7,12-16H2. The molecule has 2 aromatic carbocycles. The van der Waals surface area contributed by atoms with Crippen LogP contribution >= 0.6 is 11.6 Å². The molecule has 172 valence electrons. The molecular weight excluding hydrogens is 474 g/mol. The SMILES string of the molecule is O=C(C1CCCN1S(=O)(=O)c1ccccc1)N1CCN(S(=O)(=O)c2ccc(Cl)cc2)CC1. The Morgan fingerprint density at radius 2 is 1.38 bits per heavy atom. The largest absolute Gasteiger partial charge is 0.339 e. The minimum absolute atomic E-state index is 0.148. The number of halogens is 1. The van der Waals surface area contributed by atoms with E-state index >= 15 is 0 Å². The van der Waals surface area contributed by atoms with E-state index in [1.165, 1.54) is 45.0 Å². The first-order chi connectivity index (χ1) is 15.2. The normalized spacial score (nSPS) is 21.0. The van der Waals surface area contributed by atoms with Gasteiger partial charge in [-0.25, -0.2) is 16.8 Å². The van der Waals surface area contributed by atoms with Crippen molar-refractivity contribution in [3.8, 4) is 0 Å². The highest BCUT2D eigenvalue weighted by molar-refractivity contribution is 7.89. The van der Waals surface area contributed by atoms with Crippen molar-refractivity contribution in [2.75, 3.05) is 32.7 Å². The smallest absolute Gasteiger partial charge is 0.243 e. The molecule has 1 unspecified atom stereocenters. The summed E-state index contributed by atoms with van der Waals surface area (Å²) in [5, 5.41) is 0.450. The second-order valence-corrected chi connectivity index (χ2v) is 12.0. The maximum absolute atomic E-state index is 13.2. The number of carbonyl (C=O) groups excluding carboxylic acids is 1. The maximum Gasteiger partial charge on any atom is 0.243 e. The van der Waals surface area contributed by atoms with Gasteiger partial charge in [-0.2, -0.15) is 8.61 Å². The number of hydrogen-bond donors (Lipinski definition) is 0. The molecule has 0 saturated carbocycles. The zero-order valence-corrected chi connectivity index (χ0v) is 19.7. The Labute approximate surface area is 193 Å². The summed E-state index contributed by atoms with van der Waals surface area (Å²) in [5.41, 5.74) is 0. The summed E-state index contributed by atoms with van der Waals surface area (Å²) in [5.74, 6) is -0.273. The van der Waals surface area contributed by atoms with E-state index in [9.17, 15) is 21.6 Å². The van der Waals surface area contributed by atoms with Crippen LogP contribution in [-0.2, 0) is 24.8 Å². The molecule has 0 N–H and O–H groups in total. The van der Waals surface area contributed by atoms with Crippen molar-refractivity contribution in [3.05, 3.63) is 59.6 Å². The Bertz CT molecular complexity index is 1180. The molecule has 1 amide bonds. The first-order valence-corrected chi connectivity index (χ1v) is 13.6. The molecule has 2 fully saturated rings. The summed E-state index contributed by atoms with van der Waals surface area (Å²) < 4.78 is 54.5. The van der Waals surface area contributed by atoms with Crippen molar-refractivity contribution in [3.63, 3.8) is 0 Å². The van der Waals surface area contributed by atoms with E-state index in [2.05, 4.69) is 0 Å². The zero-order valence-electron chi connectivity index (χ0n) is 17.3. The summed E-state index contributed by atoms with van der Waals surface area (Å²) in [4.78, 5) is 15.1. The summed E-state index contributed by atoms with van der Waals surface area (Å²) in [6.45, 7) is 1.00. The lowest BCUT2D eigenvalue weighted by molar-refractivity contribution is -0.135. The minimum Gasteiger partial charge on any atom is -0.339 e. The molecule has 2 heterocycles. The molecular formula is C21H24ClN3O5S2. The molecule has 0 aliphatic carbocycles. The lowest BCUT2D eigenvalue weighted by Gasteiger charge is -2.36. The van der Waals surface area contributed by atoms with Crippen LogP contribution in [0.3, 0.4) is 0 Å². The van der Waals surface area contributed by atoms with Gasteiger partial charge >= 0.3 is 0 Å². The molecule has 32 heavy (non-hydrogen) atoms. The highest BCUT2D eigenvalue weighted by Gasteiger charge is 2.42. The van der Waals surface area contributed by atoms with Crippen molar-refractivity contribution >= 4 is 37.6 Å². The second-order valence-electron chi connectivity index (χ2n) is 7.77. The lowest BCUT2D eigenvalue weighted by Crippen LogP contribution is -2.55. The topological polar surface area (TPSA) is 95.1 Å². The van der Waals surface area contributed by atoms with Gasteiger partial charge < -0.3 is 4.90 Å². The molecule has 0 aromatic heterocycles. The van der Waals surface area contributed by atoms with E-state index in [1.54, 1.807) is 23.1 Å². The van der Waals surface area contributed by atoms with Crippen LogP contribution in [0.15, 0.2) is 64.4 Å². The third-order valence-corrected chi connectivity index (χ3v) is 9.93. The highest BCUT2D eigenvalue weighted by Crippen LogP contribution is 2.28. The van der Waals surface area contributed by atoms with E-state index in [0.717, 1.165) is 0 Å². The van der Waals surface area contributed by atoms with Crippen LogP contribution in [0.4, 0.5) is 0 Å². The number of carbonyl (C=O) groups is 1. The molecule has 4 rings (SSSR count). The number of rotatable bonds is 5. The van der Waals surface area contributed by atoms with Crippen LogP contribution in [0, 0.1) is 0 Å². The lowest BCUT2D eigenvalue weighted by atomic mass is 10.2. The summed E-state index contributed by atoms with van der Waals surface area (Å²) in [6.07, 6.45) is 1.06. The fraction of sp³-hybridized carbons (Fsp3) is 0.381. The Morgan fingerprint density at radius 3 is 2.00 bits per heavy atom. The van der Waals surface area contributed by atoms with Crippen molar-refractivity contribution < 1.29 is 21.6 Å². The van der Waals surface area contributed by atoms with Gasteiger partial charge in [0.25, 0.3) is 0 Å². The van der Waals surface area contributed by atoms with E-state index in [1.807, 2.05) is 0 Å². The number of amides is 1. The van der Waals surface area contributed by atoms with Crippen LogP contribution in [0.5, 0.6) is 0 Å². The molecule has 11 heteroatoms. The van der Waals surface area contributed by atoms with Gasteiger partial charge in [-0.1, -0.05) is 29.8 Å². The Hall–Kier alpha value is -1.98. The van der Waals surface area contributed by atoms with Gasteiger partial charge in [-0.3, -0.25) is 4.79 Å².